The second-order valence-corrected chi connectivity index (χ2v) is 4.46. The molecule has 0 aliphatic rings. The minimum Gasteiger partial charge on any atom is -0.494 e. The van der Waals surface area contributed by atoms with E-state index in [1.165, 1.54) is 5.56 Å². The van der Waals surface area contributed by atoms with Gasteiger partial charge in [0.25, 0.3) is 0 Å². The Morgan fingerprint density at radius 3 is 2.42 bits per heavy atom. The van der Waals surface area contributed by atoms with Crippen LogP contribution in [-0.2, 0) is 6.42 Å². The Bertz CT molecular complexity index is 536. The summed E-state index contributed by atoms with van der Waals surface area (Å²) in [7, 11) is 1.68. The number of nitrogens with zero attached hydrogens (tertiary/aromatic N) is 2. The van der Waals surface area contributed by atoms with E-state index in [4.69, 9.17) is 4.74 Å². The normalized spacial score (nSPS) is 10.3. The van der Waals surface area contributed by atoms with Crippen molar-refractivity contribution in [3.05, 3.63) is 29.6 Å². The predicted octanol–water partition coefficient (Wildman–Crippen LogP) is 4.35. The third kappa shape index (κ3) is 3.43. The first-order chi connectivity index (χ1) is 9.15. The number of rotatable bonds is 3. The van der Waals surface area contributed by atoms with Gasteiger partial charge in [-0.1, -0.05) is 34.6 Å². The van der Waals surface area contributed by atoms with Gasteiger partial charge < -0.3 is 4.74 Å². The highest BCUT2D eigenvalue weighted by molar-refractivity contribution is 5.82. The van der Waals surface area contributed by atoms with Crippen molar-refractivity contribution in [3.63, 3.8) is 0 Å². The third-order valence-corrected chi connectivity index (χ3v) is 2.93. The van der Waals surface area contributed by atoms with Crippen molar-refractivity contribution in [2.75, 3.05) is 7.11 Å². The summed E-state index contributed by atoms with van der Waals surface area (Å²) in [6, 6.07) is 4.15. The van der Waals surface area contributed by atoms with Crippen molar-refractivity contribution in [1.29, 1.82) is 0 Å². The first-order valence-electron chi connectivity index (χ1n) is 6.99. The molecule has 0 atom stereocenters. The minimum absolute atomic E-state index is 0.459. The van der Waals surface area contributed by atoms with E-state index in [9.17, 15) is 0 Å². The molecule has 0 radical (unpaired) electrons. The number of methoxy groups -OCH3 is 1. The average molecular weight is 260 g/mol. The lowest BCUT2D eigenvalue weighted by Gasteiger charge is -2.11. The highest BCUT2D eigenvalue weighted by atomic mass is 16.5. The van der Waals surface area contributed by atoms with Gasteiger partial charge in [-0.05, 0) is 30.0 Å². The van der Waals surface area contributed by atoms with Crippen LogP contribution in [-0.4, -0.2) is 17.1 Å². The molecule has 0 fully saturated rings. The van der Waals surface area contributed by atoms with Crippen LogP contribution in [0, 0.1) is 0 Å². The molecule has 0 aliphatic carbocycles. The summed E-state index contributed by atoms with van der Waals surface area (Å²) < 4.78 is 5.42. The molecule has 0 saturated heterocycles. The Kier molecular flexibility index (Phi) is 5.74. The summed E-state index contributed by atoms with van der Waals surface area (Å²) in [5.74, 6) is 1.27. The van der Waals surface area contributed by atoms with Crippen molar-refractivity contribution in [3.8, 4) is 5.75 Å². The Morgan fingerprint density at radius 2 is 1.89 bits per heavy atom. The summed E-state index contributed by atoms with van der Waals surface area (Å²) in [5, 5.41) is 0. The van der Waals surface area contributed by atoms with Gasteiger partial charge in [0, 0.05) is 6.20 Å². The largest absolute Gasteiger partial charge is 0.494 e. The highest BCUT2D eigenvalue weighted by Crippen LogP contribution is 2.28. The smallest absolute Gasteiger partial charge is 0.146 e. The zero-order valence-electron chi connectivity index (χ0n) is 12.8. The fourth-order valence-corrected chi connectivity index (χ4v) is 1.80. The van der Waals surface area contributed by atoms with Crippen LogP contribution >= 0.6 is 0 Å². The van der Waals surface area contributed by atoms with E-state index in [0.29, 0.717) is 5.92 Å². The van der Waals surface area contributed by atoms with Gasteiger partial charge in [-0.15, -0.1) is 0 Å². The van der Waals surface area contributed by atoms with Crippen LogP contribution in [0.5, 0.6) is 5.75 Å². The van der Waals surface area contributed by atoms with Gasteiger partial charge in [-0.25, -0.2) is 4.98 Å². The highest BCUT2D eigenvalue weighted by Gasteiger charge is 2.09. The van der Waals surface area contributed by atoms with Crippen LogP contribution in [0.4, 0.5) is 0 Å². The van der Waals surface area contributed by atoms with Crippen molar-refractivity contribution < 1.29 is 4.74 Å². The number of fused-ring (bicyclic) bond motifs is 1. The van der Waals surface area contributed by atoms with Gasteiger partial charge in [0.1, 0.15) is 11.3 Å². The molecule has 1 heterocycles. The number of benzene rings is 1. The van der Waals surface area contributed by atoms with E-state index >= 15 is 0 Å². The maximum Gasteiger partial charge on any atom is 0.146 e. The Morgan fingerprint density at radius 1 is 1.21 bits per heavy atom. The van der Waals surface area contributed by atoms with Crippen LogP contribution in [0.25, 0.3) is 11.0 Å². The van der Waals surface area contributed by atoms with Crippen LogP contribution in [0.2, 0.25) is 0 Å². The molecule has 0 bridgehead atoms. The number of hydrogen-bond donors (Lipinski definition) is 0. The molecule has 2 aromatic rings. The standard InChI is InChI=1S/C14H18N2O.C2H6/c1-5-11-8-15-12-6-10(9(2)3)7-13(17-4)14(12)16-11;1-2/h6-9H,5H2,1-4H3;1-2H3. The van der Waals surface area contributed by atoms with Gasteiger partial charge in [-0.2, -0.15) is 0 Å². The van der Waals surface area contributed by atoms with E-state index in [2.05, 4.69) is 42.9 Å². The molecule has 2 rings (SSSR count). The zero-order chi connectivity index (χ0) is 14.4. The Labute approximate surface area is 116 Å². The summed E-state index contributed by atoms with van der Waals surface area (Å²) in [6.45, 7) is 10.4. The summed E-state index contributed by atoms with van der Waals surface area (Å²) in [4.78, 5) is 9.04. The van der Waals surface area contributed by atoms with E-state index in [1.54, 1.807) is 7.11 Å². The molecule has 3 heteroatoms. The molecule has 0 saturated carbocycles. The fourth-order valence-electron chi connectivity index (χ4n) is 1.80. The molecule has 0 aliphatic heterocycles. The lowest BCUT2D eigenvalue weighted by molar-refractivity contribution is 0.418. The summed E-state index contributed by atoms with van der Waals surface area (Å²) in [5.41, 5.74) is 3.99. The molecule has 0 spiro atoms. The van der Waals surface area contributed by atoms with E-state index in [-0.39, 0.29) is 0 Å². The average Bonchev–Trinajstić information content (AvgIpc) is 2.47. The van der Waals surface area contributed by atoms with Crippen LogP contribution in [0.3, 0.4) is 0 Å². The lowest BCUT2D eigenvalue weighted by atomic mass is 10.0. The van der Waals surface area contributed by atoms with Gasteiger partial charge >= 0.3 is 0 Å². The maximum absolute atomic E-state index is 5.42. The molecule has 3 nitrogen and oxygen atoms in total. The Balaban J connectivity index is 0.000000861. The van der Waals surface area contributed by atoms with Crippen LogP contribution in [0.15, 0.2) is 18.3 Å². The topological polar surface area (TPSA) is 35.0 Å². The van der Waals surface area contributed by atoms with E-state index in [0.717, 1.165) is 28.9 Å². The molecule has 1 aromatic carbocycles. The SMILES string of the molecule is CC.CCc1cnc2cc(C(C)C)cc(OC)c2n1. The minimum atomic E-state index is 0.459. The van der Waals surface area contributed by atoms with Crippen molar-refractivity contribution >= 4 is 11.0 Å². The van der Waals surface area contributed by atoms with Crippen LogP contribution < -0.4 is 4.74 Å². The molecule has 0 amide bonds. The number of hydrogen-bond acceptors (Lipinski definition) is 3. The van der Waals surface area contributed by atoms with E-state index < -0.39 is 0 Å². The van der Waals surface area contributed by atoms with Gasteiger partial charge in [0.15, 0.2) is 0 Å². The first kappa shape index (κ1) is 15.4. The predicted molar refractivity (Wildman–Crippen MR) is 80.9 cm³/mol. The zero-order valence-corrected chi connectivity index (χ0v) is 12.8. The van der Waals surface area contributed by atoms with Crippen molar-refractivity contribution in [1.82, 2.24) is 9.97 Å². The number of ether oxygens (including phenoxy) is 1. The van der Waals surface area contributed by atoms with Crippen molar-refractivity contribution in [2.24, 2.45) is 0 Å². The molecule has 104 valence electrons. The van der Waals surface area contributed by atoms with Gasteiger partial charge in [0.05, 0.1) is 18.3 Å². The molecular formula is C16H24N2O. The molecular weight excluding hydrogens is 236 g/mol. The monoisotopic (exact) mass is 260 g/mol. The van der Waals surface area contributed by atoms with E-state index in [1.807, 2.05) is 20.0 Å². The third-order valence-electron chi connectivity index (χ3n) is 2.93. The molecule has 1 aromatic heterocycles. The summed E-state index contributed by atoms with van der Waals surface area (Å²) >= 11 is 0. The second kappa shape index (κ2) is 7.07. The van der Waals surface area contributed by atoms with Crippen LogP contribution in [0.1, 0.15) is 51.8 Å². The molecule has 19 heavy (non-hydrogen) atoms. The second-order valence-electron chi connectivity index (χ2n) is 4.46. The number of aryl methyl sites for hydroxylation is 1. The number of aromatic nitrogens is 2. The van der Waals surface area contributed by atoms with Crippen molar-refractivity contribution in [2.45, 2.75) is 47.0 Å². The lowest BCUT2D eigenvalue weighted by Crippen LogP contribution is -1.97. The molecule has 0 N–H and O–H groups in total. The fraction of sp³-hybridized carbons (Fsp3) is 0.500. The summed E-state index contributed by atoms with van der Waals surface area (Å²) in [6.07, 6.45) is 2.73. The van der Waals surface area contributed by atoms with Gasteiger partial charge in [-0.3, -0.25) is 4.98 Å². The van der Waals surface area contributed by atoms with Gasteiger partial charge in [0.2, 0.25) is 0 Å². The Hall–Kier alpha value is -1.64. The first-order valence-corrected chi connectivity index (χ1v) is 6.99. The maximum atomic E-state index is 5.42. The molecule has 0 unspecified atom stereocenters. The quantitative estimate of drug-likeness (QED) is 0.823.